The highest BCUT2D eigenvalue weighted by molar-refractivity contribution is 7.91. The SMILES string of the molecule is [O-]SNCc1ccccn1. The first-order valence-corrected chi connectivity index (χ1v) is 3.59. The summed E-state index contributed by atoms with van der Waals surface area (Å²) in [7, 11) is 0. The lowest BCUT2D eigenvalue weighted by molar-refractivity contribution is 0.606. The minimum atomic E-state index is 0.356. The van der Waals surface area contributed by atoms with Crippen LogP contribution in [-0.4, -0.2) is 9.54 Å². The number of aromatic nitrogens is 1. The van der Waals surface area contributed by atoms with Gasteiger partial charge in [0.1, 0.15) is 0 Å². The summed E-state index contributed by atoms with van der Waals surface area (Å²) < 4.78 is 12.4. The largest absolute Gasteiger partial charge is 0.786 e. The quantitative estimate of drug-likeness (QED) is 0.521. The van der Waals surface area contributed by atoms with Crippen LogP contribution in [0.25, 0.3) is 0 Å². The molecule has 0 fully saturated rings. The third-order valence-electron chi connectivity index (χ3n) is 1.04. The molecular formula is C6H7N2OS-. The molecule has 0 atom stereocenters. The summed E-state index contributed by atoms with van der Waals surface area (Å²) in [4.78, 5) is 4.00. The van der Waals surface area contributed by atoms with Crippen molar-refractivity contribution in [2.45, 2.75) is 6.54 Å². The molecule has 0 amide bonds. The smallest absolute Gasteiger partial charge is 0.0550 e. The van der Waals surface area contributed by atoms with Gasteiger partial charge in [-0.25, -0.2) is 0 Å². The number of hydrogen-bond donors (Lipinski definition) is 1. The van der Waals surface area contributed by atoms with Crippen molar-refractivity contribution in [1.29, 1.82) is 0 Å². The van der Waals surface area contributed by atoms with E-state index in [-0.39, 0.29) is 0 Å². The predicted octanol–water partition coefficient (Wildman–Crippen LogP) is 0.950. The van der Waals surface area contributed by atoms with Gasteiger partial charge in [0.15, 0.2) is 0 Å². The summed E-state index contributed by atoms with van der Waals surface area (Å²) in [5.74, 6) is 0. The molecule has 0 unspecified atom stereocenters. The zero-order valence-corrected chi connectivity index (χ0v) is 6.10. The molecule has 0 aromatic carbocycles. The van der Waals surface area contributed by atoms with Crippen molar-refractivity contribution in [2.24, 2.45) is 0 Å². The maximum atomic E-state index is 9.88. The lowest BCUT2D eigenvalue weighted by atomic mass is 10.4. The van der Waals surface area contributed by atoms with Gasteiger partial charge in [0.25, 0.3) is 0 Å². The van der Waals surface area contributed by atoms with Crippen molar-refractivity contribution < 1.29 is 4.55 Å². The van der Waals surface area contributed by atoms with E-state index in [1.807, 2.05) is 18.2 Å². The molecule has 10 heavy (non-hydrogen) atoms. The molecule has 4 heteroatoms. The highest BCUT2D eigenvalue weighted by atomic mass is 32.2. The van der Waals surface area contributed by atoms with Crippen LogP contribution in [-0.2, 0) is 6.54 Å². The molecule has 0 bridgehead atoms. The van der Waals surface area contributed by atoms with Crippen LogP contribution in [0.5, 0.6) is 0 Å². The highest BCUT2D eigenvalue weighted by Gasteiger charge is 1.86. The molecule has 3 nitrogen and oxygen atoms in total. The van der Waals surface area contributed by atoms with Gasteiger partial charge in [0.05, 0.1) is 5.69 Å². The minimum Gasteiger partial charge on any atom is -0.786 e. The van der Waals surface area contributed by atoms with Crippen LogP contribution < -0.4 is 4.72 Å². The second-order valence-electron chi connectivity index (χ2n) is 1.73. The van der Waals surface area contributed by atoms with Gasteiger partial charge >= 0.3 is 0 Å². The van der Waals surface area contributed by atoms with Crippen LogP contribution in [0.3, 0.4) is 0 Å². The minimum absolute atomic E-state index is 0.356. The summed E-state index contributed by atoms with van der Waals surface area (Å²) in [5.41, 5.74) is 0.880. The van der Waals surface area contributed by atoms with E-state index in [9.17, 15) is 4.55 Å². The molecule has 0 aliphatic rings. The Morgan fingerprint density at radius 1 is 1.60 bits per heavy atom. The number of pyridine rings is 1. The third-order valence-corrected chi connectivity index (χ3v) is 1.30. The maximum absolute atomic E-state index is 9.88. The molecule has 1 aromatic rings. The highest BCUT2D eigenvalue weighted by Crippen LogP contribution is 1.93. The van der Waals surface area contributed by atoms with Crippen molar-refractivity contribution in [3.8, 4) is 0 Å². The van der Waals surface area contributed by atoms with Crippen molar-refractivity contribution >= 4 is 12.2 Å². The molecule has 1 heterocycles. The van der Waals surface area contributed by atoms with Gasteiger partial charge in [-0.05, 0) is 12.1 Å². The molecule has 0 aliphatic heterocycles. The van der Waals surface area contributed by atoms with E-state index in [0.29, 0.717) is 18.8 Å². The molecule has 0 radical (unpaired) electrons. The summed E-state index contributed by atoms with van der Waals surface area (Å²) in [6.45, 7) is 0.523. The van der Waals surface area contributed by atoms with E-state index in [1.165, 1.54) is 0 Å². The second kappa shape index (κ2) is 4.27. The van der Waals surface area contributed by atoms with Crippen molar-refractivity contribution in [3.05, 3.63) is 30.1 Å². The monoisotopic (exact) mass is 155 g/mol. The van der Waals surface area contributed by atoms with Crippen LogP contribution in [0.15, 0.2) is 24.4 Å². The van der Waals surface area contributed by atoms with Crippen LogP contribution in [0.2, 0.25) is 0 Å². The van der Waals surface area contributed by atoms with Gasteiger partial charge in [-0.1, -0.05) is 6.07 Å². The molecule has 0 saturated heterocycles. The Bertz CT molecular complexity index is 180. The Labute approximate surface area is 63.8 Å². The number of hydrogen-bond acceptors (Lipinski definition) is 4. The second-order valence-corrected chi connectivity index (χ2v) is 2.18. The Balaban J connectivity index is 2.43. The van der Waals surface area contributed by atoms with E-state index >= 15 is 0 Å². The van der Waals surface area contributed by atoms with E-state index in [4.69, 9.17) is 0 Å². The van der Waals surface area contributed by atoms with E-state index in [1.54, 1.807) is 6.20 Å². The Morgan fingerprint density at radius 2 is 2.50 bits per heavy atom. The molecule has 1 rings (SSSR count). The number of nitrogens with zero attached hydrogens (tertiary/aromatic N) is 1. The van der Waals surface area contributed by atoms with Crippen molar-refractivity contribution in [3.63, 3.8) is 0 Å². The van der Waals surface area contributed by atoms with Gasteiger partial charge in [-0.2, -0.15) is 12.2 Å². The van der Waals surface area contributed by atoms with Crippen LogP contribution in [0.4, 0.5) is 0 Å². The fraction of sp³-hybridized carbons (Fsp3) is 0.167. The summed E-state index contributed by atoms with van der Waals surface area (Å²) in [6.07, 6.45) is 1.70. The van der Waals surface area contributed by atoms with Crippen molar-refractivity contribution in [2.75, 3.05) is 0 Å². The fourth-order valence-corrected chi connectivity index (χ4v) is 0.813. The lowest BCUT2D eigenvalue weighted by Gasteiger charge is -2.04. The van der Waals surface area contributed by atoms with Gasteiger partial charge < -0.3 is 4.55 Å². The summed E-state index contributed by atoms with van der Waals surface area (Å²) in [5, 5.41) is 0. The van der Waals surface area contributed by atoms with Gasteiger partial charge in [-0.3, -0.25) is 9.71 Å². The summed E-state index contributed by atoms with van der Waals surface area (Å²) in [6, 6.07) is 5.59. The standard InChI is InChI=1S/C6H8N2OS/c9-10-8-5-6-3-1-2-4-7-6/h1-4,8-9H,5H2/p-1. The summed E-state index contributed by atoms with van der Waals surface area (Å²) >= 11 is 0.356. The first-order valence-electron chi connectivity index (χ1n) is 2.85. The first kappa shape index (κ1) is 7.53. The molecule has 1 N–H and O–H groups in total. The van der Waals surface area contributed by atoms with E-state index in [2.05, 4.69) is 9.71 Å². The first-order chi connectivity index (χ1) is 4.93. The third kappa shape index (κ3) is 2.34. The maximum Gasteiger partial charge on any atom is 0.0550 e. The molecule has 0 saturated carbocycles. The molecule has 54 valence electrons. The van der Waals surface area contributed by atoms with Gasteiger partial charge in [0, 0.05) is 12.7 Å². The number of nitrogens with one attached hydrogen (secondary N) is 1. The predicted molar refractivity (Wildman–Crippen MR) is 39.4 cm³/mol. The van der Waals surface area contributed by atoms with Crippen LogP contribution in [0.1, 0.15) is 5.69 Å². The average molecular weight is 155 g/mol. The molecule has 0 aliphatic carbocycles. The Hall–Kier alpha value is -0.580. The van der Waals surface area contributed by atoms with Crippen LogP contribution >= 0.6 is 12.2 Å². The Kier molecular flexibility index (Phi) is 3.21. The number of rotatable bonds is 3. The van der Waals surface area contributed by atoms with E-state index < -0.39 is 0 Å². The Morgan fingerprint density at radius 3 is 3.10 bits per heavy atom. The van der Waals surface area contributed by atoms with E-state index in [0.717, 1.165) is 5.69 Å². The zero-order chi connectivity index (χ0) is 7.23. The van der Waals surface area contributed by atoms with Crippen LogP contribution in [0, 0.1) is 0 Å². The molecule has 0 spiro atoms. The average Bonchev–Trinajstić information content (AvgIpc) is 2.03. The normalized spacial score (nSPS) is 9.70. The van der Waals surface area contributed by atoms with Gasteiger partial charge in [0.2, 0.25) is 0 Å². The van der Waals surface area contributed by atoms with Crippen molar-refractivity contribution in [1.82, 2.24) is 9.71 Å². The zero-order valence-electron chi connectivity index (χ0n) is 5.28. The fourth-order valence-electron chi connectivity index (χ4n) is 0.606. The lowest BCUT2D eigenvalue weighted by Crippen LogP contribution is -2.03. The van der Waals surface area contributed by atoms with Gasteiger partial charge in [-0.15, -0.1) is 0 Å². The topological polar surface area (TPSA) is 48.0 Å². The molecule has 1 aromatic heterocycles. The molecular weight excluding hydrogens is 148 g/mol.